The van der Waals surface area contributed by atoms with Crippen molar-refractivity contribution in [3.63, 3.8) is 0 Å². The Morgan fingerprint density at radius 3 is 2.93 bits per heavy atom. The summed E-state index contributed by atoms with van der Waals surface area (Å²) in [7, 11) is 4.00. The predicted molar refractivity (Wildman–Crippen MR) is 63.2 cm³/mol. The Hall–Kier alpha value is -1.16. The third-order valence-electron chi connectivity index (χ3n) is 2.24. The number of likely N-dealkylation sites (N-methyl/N-ethyl adjacent to an activating group) is 1. The molecule has 84 valence electrons. The van der Waals surface area contributed by atoms with Gasteiger partial charge >= 0.3 is 0 Å². The van der Waals surface area contributed by atoms with Crippen LogP contribution in [0.15, 0.2) is 12.3 Å². The van der Waals surface area contributed by atoms with Gasteiger partial charge in [0.25, 0.3) is 0 Å². The molecule has 0 aliphatic carbocycles. The summed E-state index contributed by atoms with van der Waals surface area (Å²) in [5.74, 6) is 1.92. The van der Waals surface area contributed by atoms with Gasteiger partial charge in [0.2, 0.25) is 0 Å². The molecule has 1 aromatic rings. The summed E-state index contributed by atoms with van der Waals surface area (Å²) in [6.07, 6.45) is 3.84. The van der Waals surface area contributed by atoms with Crippen molar-refractivity contribution >= 4 is 5.82 Å². The molecule has 1 rings (SSSR count). The summed E-state index contributed by atoms with van der Waals surface area (Å²) in [5, 5.41) is 3.10. The molecule has 0 aliphatic heterocycles. The van der Waals surface area contributed by atoms with Crippen molar-refractivity contribution in [2.45, 2.75) is 19.8 Å². The van der Waals surface area contributed by atoms with Crippen LogP contribution < -0.4 is 10.2 Å². The van der Waals surface area contributed by atoms with E-state index in [-0.39, 0.29) is 0 Å². The zero-order chi connectivity index (χ0) is 11.1. The van der Waals surface area contributed by atoms with Crippen LogP contribution in [0, 0.1) is 0 Å². The van der Waals surface area contributed by atoms with Crippen molar-refractivity contribution < 1.29 is 0 Å². The molecule has 0 aliphatic rings. The van der Waals surface area contributed by atoms with Crippen LogP contribution in [0.5, 0.6) is 0 Å². The summed E-state index contributed by atoms with van der Waals surface area (Å²) in [4.78, 5) is 10.9. The maximum Gasteiger partial charge on any atom is 0.131 e. The number of aromatic nitrogens is 2. The zero-order valence-electron chi connectivity index (χ0n) is 9.82. The van der Waals surface area contributed by atoms with Crippen molar-refractivity contribution in [3.05, 3.63) is 18.1 Å². The van der Waals surface area contributed by atoms with Crippen LogP contribution in [0.25, 0.3) is 0 Å². The molecule has 1 aromatic heterocycles. The molecule has 0 radical (unpaired) electrons. The number of hydrogen-bond acceptors (Lipinski definition) is 4. The van der Waals surface area contributed by atoms with E-state index in [1.165, 1.54) is 0 Å². The first-order chi connectivity index (χ1) is 7.27. The van der Waals surface area contributed by atoms with E-state index in [4.69, 9.17) is 0 Å². The summed E-state index contributed by atoms with van der Waals surface area (Å²) >= 11 is 0. The lowest BCUT2D eigenvalue weighted by atomic mass is 10.3. The zero-order valence-corrected chi connectivity index (χ0v) is 9.82. The van der Waals surface area contributed by atoms with Crippen LogP contribution in [0.3, 0.4) is 0 Å². The largest absolute Gasteiger partial charge is 0.360 e. The van der Waals surface area contributed by atoms with Gasteiger partial charge in [0.15, 0.2) is 0 Å². The molecule has 0 atom stereocenters. The SMILES string of the molecule is CCCN(C)c1ccnc(CCNC)n1. The molecule has 4 heteroatoms. The van der Waals surface area contributed by atoms with Gasteiger partial charge in [0, 0.05) is 32.8 Å². The smallest absolute Gasteiger partial charge is 0.131 e. The van der Waals surface area contributed by atoms with E-state index in [1.807, 2.05) is 19.3 Å². The highest BCUT2D eigenvalue weighted by atomic mass is 15.2. The van der Waals surface area contributed by atoms with E-state index in [9.17, 15) is 0 Å². The van der Waals surface area contributed by atoms with Gasteiger partial charge in [-0.2, -0.15) is 0 Å². The lowest BCUT2D eigenvalue weighted by Gasteiger charge is -2.17. The second-order valence-electron chi connectivity index (χ2n) is 3.61. The number of anilines is 1. The van der Waals surface area contributed by atoms with E-state index < -0.39 is 0 Å². The topological polar surface area (TPSA) is 41.1 Å². The van der Waals surface area contributed by atoms with E-state index in [0.29, 0.717) is 0 Å². The van der Waals surface area contributed by atoms with Gasteiger partial charge in [-0.1, -0.05) is 6.92 Å². The maximum absolute atomic E-state index is 4.50. The van der Waals surface area contributed by atoms with Gasteiger partial charge in [-0.3, -0.25) is 0 Å². The standard InChI is InChI=1S/C11H20N4/c1-4-9-15(3)11-6-8-13-10(14-11)5-7-12-2/h6,8,12H,4-5,7,9H2,1-3H3. The highest BCUT2D eigenvalue weighted by molar-refractivity contribution is 5.35. The summed E-state index contributed by atoms with van der Waals surface area (Å²) in [6.45, 7) is 4.11. The van der Waals surface area contributed by atoms with Gasteiger partial charge in [0.1, 0.15) is 11.6 Å². The molecule has 0 saturated carbocycles. The Kier molecular flexibility index (Phi) is 5.04. The fourth-order valence-corrected chi connectivity index (χ4v) is 1.41. The van der Waals surface area contributed by atoms with Gasteiger partial charge in [-0.05, 0) is 19.5 Å². The fourth-order valence-electron chi connectivity index (χ4n) is 1.41. The Morgan fingerprint density at radius 1 is 1.47 bits per heavy atom. The molecule has 4 nitrogen and oxygen atoms in total. The van der Waals surface area contributed by atoms with Crippen LogP contribution in [-0.2, 0) is 6.42 Å². The molecular weight excluding hydrogens is 188 g/mol. The van der Waals surface area contributed by atoms with E-state index in [0.717, 1.165) is 37.6 Å². The molecule has 0 fully saturated rings. The van der Waals surface area contributed by atoms with Crippen LogP contribution in [0.2, 0.25) is 0 Å². The lowest BCUT2D eigenvalue weighted by Crippen LogP contribution is -2.20. The minimum Gasteiger partial charge on any atom is -0.360 e. The number of rotatable bonds is 6. The fraction of sp³-hybridized carbons (Fsp3) is 0.636. The first kappa shape index (κ1) is 11.9. The van der Waals surface area contributed by atoms with Crippen LogP contribution in [0.1, 0.15) is 19.2 Å². The highest BCUT2D eigenvalue weighted by Gasteiger charge is 2.02. The molecule has 0 amide bonds. The Labute approximate surface area is 91.7 Å². The minimum atomic E-state index is 0.879. The molecule has 0 saturated heterocycles. The first-order valence-corrected chi connectivity index (χ1v) is 5.45. The lowest BCUT2D eigenvalue weighted by molar-refractivity contribution is 0.748. The molecule has 0 aromatic carbocycles. The van der Waals surface area contributed by atoms with Gasteiger partial charge in [-0.25, -0.2) is 9.97 Å². The normalized spacial score (nSPS) is 10.3. The minimum absolute atomic E-state index is 0.879. The maximum atomic E-state index is 4.50. The number of nitrogens with one attached hydrogen (secondary N) is 1. The monoisotopic (exact) mass is 208 g/mol. The van der Waals surface area contributed by atoms with Crippen LogP contribution >= 0.6 is 0 Å². The Morgan fingerprint density at radius 2 is 2.27 bits per heavy atom. The van der Waals surface area contributed by atoms with Gasteiger partial charge in [0.05, 0.1) is 0 Å². The first-order valence-electron chi connectivity index (χ1n) is 5.45. The molecule has 1 N–H and O–H groups in total. The second-order valence-corrected chi connectivity index (χ2v) is 3.61. The molecule has 0 spiro atoms. The van der Waals surface area contributed by atoms with E-state index in [1.54, 1.807) is 0 Å². The van der Waals surface area contributed by atoms with Crippen molar-refractivity contribution in [3.8, 4) is 0 Å². The van der Waals surface area contributed by atoms with Crippen LogP contribution in [-0.4, -0.2) is 37.2 Å². The number of hydrogen-bond donors (Lipinski definition) is 1. The number of nitrogens with zero attached hydrogens (tertiary/aromatic N) is 3. The highest BCUT2D eigenvalue weighted by Crippen LogP contribution is 2.08. The van der Waals surface area contributed by atoms with Crippen molar-refractivity contribution in [2.75, 3.05) is 32.1 Å². The van der Waals surface area contributed by atoms with Gasteiger partial charge in [-0.15, -0.1) is 0 Å². The van der Waals surface area contributed by atoms with Crippen molar-refractivity contribution in [2.24, 2.45) is 0 Å². The molecular formula is C11H20N4. The molecule has 1 heterocycles. The molecule has 15 heavy (non-hydrogen) atoms. The Bertz CT molecular complexity index is 288. The van der Waals surface area contributed by atoms with Crippen LogP contribution in [0.4, 0.5) is 5.82 Å². The summed E-state index contributed by atoms with van der Waals surface area (Å²) < 4.78 is 0. The summed E-state index contributed by atoms with van der Waals surface area (Å²) in [6, 6.07) is 1.96. The van der Waals surface area contributed by atoms with E-state index >= 15 is 0 Å². The average Bonchev–Trinajstić information content (AvgIpc) is 2.27. The second kappa shape index (κ2) is 6.35. The third kappa shape index (κ3) is 3.83. The predicted octanol–water partition coefficient (Wildman–Crippen LogP) is 1.08. The van der Waals surface area contributed by atoms with Gasteiger partial charge < -0.3 is 10.2 Å². The Balaban J connectivity index is 2.64. The van der Waals surface area contributed by atoms with E-state index in [2.05, 4.69) is 34.2 Å². The van der Waals surface area contributed by atoms with Crippen molar-refractivity contribution in [1.29, 1.82) is 0 Å². The van der Waals surface area contributed by atoms with Crippen molar-refractivity contribution in [1.82, 2.24) is 15.3 Å². The molecule has 0 unspecified atom stereocenters. The summed E-state index contributed by atoms with van der Waals surface area (Å²) in [5.41, 5.74) is 0. The third-order valence-corrected chi connectivity index (χ3v) is 2.24. The molecule has 0 bridgehead atoms. The quantitative estimate of drug-likeness (QED) is 0.759. The average molecular weight is 208 g/mol.